The van der Waals surface area contributed by atoms with Gasteiger partial charge in [-0.1, -0.05) is 51.1 Å². The topological polar surface area (TPSA) is 58.6 Å². The van der Waals surface area contributed by atoms with Crippen molar-refractivity contribution < 1.29 is 18.7 Å². The van der Waals surface area contributed by atoms with E-state index < -0.39 is 32.3 Å². The number of hydrogen-bond acceptors (Lipinski definition) is 3. The molecule has 6 heteroatoms. The molecule has 2 aromatic carbocycles. The zero-order valence-corrected chi connectivity index (χ0v) is 17.7. The Morgan fingerprint density at radius 3 is 2.37 bits per heavy atom. The molecule has 0 aliphatic carbocycles. The van der Waals surface area contributed by atoms with Gasteiger partial charge in [-0.2, -0.15) is 0 Å². The van der Waals surface area contributed by atoms with Crippen molar-refractivity contribution in [2.24, 2.45) is 0 Å². The highest BCUT2D eigenvalue weighted by Crippen LogP contribution is 2.35. The van der Waals surface area contributed by atoms with Gasteiger partial charge in [0.15, 0.2) is 0 Å². The Bertz CT molecular complexity index is 788. The normalized spacial score (nSPS) is 12.7. The third-order valence-electron chi connectivity index (χ3n) is 4.10. The van der Waals surface area contributed by atoms with Crippen LogP contribution in [0.4, 0.5) is 4.39 Å². The molecule has 2 aromatic rings. The zero-order chi connectivity index (χ0) is 20.2. The van der Waals surface area contributed by atoms with Crippen LogP contribution in [0.2, 0.25) is 13.1 Å². The molecule has 2 rings (SSSR count). The first-order valence-corrected chi connectivity index (χ1v) is 11.9. The lowest BCUT2D eigenvalue weighted by Gasteiger charge is -2.26. The fraction of sp³-hybridized carbons (Fsp3) is 0.381. The van der Waals surface area contributed by atoms with E-state index in [4.69, 9.17) is 4.43 Å². The highest BCUT2D eigenvalue weighted by atomic mass is 28.3. The van der Waals surface area contributed by atoms with Gasteiger partial charge in [-0.3, -0.25) is 4.79 Å². The molecule has 0 fully saturated rings. The van der Waals surface area contributed by atoms with Gasteiger partial charge in [0, 0.05) is 12.1 Å². The molecule has 2 N–H and O–H groups in total. The van der Waals surface area contributed by atoms with Gasteiger partial charge in [-0.15, -0.1) is 0 Å². The van der Waals surface area contributed by atoms with Crippen LogP contribution >= 0.6 is 0 Å². The molecule has 4 nitrogen and oxygen atoms in total. The number of halogens is 1. The first-order valence-electron chi connectivity index (χ1n) is 9.12. The van der Waals surface area contributed by atoms with Crippen LogP contribution in [0.25, 0.3) is 0 Å². The average Bonchev–Trinajstić information content (AvgIpc) is 2.58. The Morgan fingerprint density at radius 1 is 1.19 bits per heavy atom. The molecule has 0 aliphatic rings. The highest BCUT2D eigenvalue weighted by Gasteiger charge is 2.28. The number of carbonyl (C=O) groups excluding carboxylic acids is 1. The molecule has 0 aliphatic heterocycles. The molecule has 0 spiro atoms. The zero-order valence-electron chi connectivity index (χ0n) is 16.5. The summed E-state index contributed by atoms with van der Waals surface area (Å²) in [5, 5.41) is 12.8. The summed E-state index contributed by atoms with van der Waals surface area (Å²) in [6, 6.07) is 12.1. The van der Waals surface area contributed by atoms with E-state index in [0.717, 1.165) is 0 Å². The predicted octanol–water partition coefficient (Wildman–Crippen LogP) is 3.95. The summed E-state index contributed by atoms with van der Waals surface area (Å²) in [6.07, 6.45) is -0.852. The number of benzene rings is 2. The molecule has 0 unspecified atom stereocenters. The first kappa shape index (κ1) is 21.1. The second kappa shape index (κ2) is 8.67. The molecular formula is C21H28FNO3Si. The highest BCUT2D eigenvalue weighted by molar-refractivity contribution is 6.49. The van der Waals surface area contributed by atoms with Crippen molar-refractivity contribution in [3.05, 3.63) is 65.0 Å². The van der Waals surface area contributed by atoms with Crippen LogP contribution in [0.1, 0.15) is 48.4 Å². The van der Waals surface area contributed by atoms with Crippen LogP contribution in [0.15, 0.2) is 42.5 Å². The van der Waals surface area contributed by atoms with E-state index in [1.807, 2.05) is 52.1 Å². The summed E-state index contributed by atoms with van der Waals surface area (Å²) < 4.78 is 21.1. The minimum absolute atomic E-state index is 0.00426. The number of amides is 1. The lowest BCUT2D eigenvalue weighted by molar-refractivity contribution is 0.0912. The van der Waals surface area contributed by atoms with E-state index in [9.17, 15) is 9.90 Å². The Labute approximate surface area is 162 Å². The molecular weight excluding hydrogens is 361 g/mol. The van der Waals surface area contributed by atoms with Crippen molar-refractivity contribution in [2.75, 3.05) is 6.54 Å². The van der Waals surface area contributed by atoms with E-state index in [-0.39, 0.29) is 12.1 Å². The second-order valence-corrected chi connectivity index (χ2v) is 10.2. The monoisotopic (exact) mass is 389 g/mol. The van der Waals surface area contributed by atoms with Crippen LogP contribution in [0.3, 0.4) is 0 Å². The molecule has 1 amide bonds. The Hall–Kier alpha value is -2.18. The van der Waals surface area contributed by atoms with Crippen molar-refractivity contribution >= 4 is 14.9 Å². The van der Waals surface area contributed by atoms with Crippen LogP contribution in [0.5, 0.6) is 5.75 Å². The number of aliphatic hydroxyl groups is 1. The molecule has 0 heterocycles. The van der Waals surface area contributed by atoms with Crippen molar-refractivity contribution in [2.45, 2.75) is 45.4 Å². The average molecular weight is 390 g/mol. The smallest absolute Gasteiger partial charge is 0.254 e. The number of hydrogen-bond donors (Lipinski definition) is 2. The van der Waals surface area contributed by atoms with Crippen molar-refractivity contribution in [1.82, 2.24) is 5.32 Å². The second-order valence-electron chi connectivity index (χ2n) is 7.85. The lowest BCUT2D eigenvalue weighted by atomic mass is 9.84. The van der Waals surface area contributed by atoms with Gasteiger partial charge < -0.3 is 14.8 Å². The van der Waals surface area contributed by atoms with E-state index in [1.54, 1.807) is 18.2 Å². The van der Waals surface area contributed by atoms with Crippen molar-refractivity contribution in [3.63, 3.8) is 0 Å². The van der Waals surface area contributed by atoms with Crippen molar-refractivity contribution in [1.29, 1.82) is 0 Å². The summed E-state index contributed by atoms with van der Waals surface area (Å²) in [4.78, 5) is 12.5. The largest absolute Gasteiger partial charge is 0.547 e. The van der Waals surface area contributed by atoms with E-state index in [1.165, 1.54) is 6.07 Å². The molecule has 0 bridgehead atoms. The van der Waals surface area contributed by atoms with Gasteiger partial charge >= 0.3 is 0 Å². The number of rotatable bonds is 6. The van der Waals surface area contributed by atoms with Gasteiger partial charge in [0.25, 0.3) is 5.91 Å². The number of carbonyl (C=O) groups is 1. The Morgan fingerprint density at radius 2 is 1.81 bits per heavy atom. The fourth-order valence-electron chi connectivity index (χ4n) is 2.86. The van der Waals surface area contributed by atoms with Crippen molar-refractivity contribution in [3.8, 4) is 5.75 Å². The molecule has 27 heavy (non-hydrogen) atoms. The third kappa shape index (κ3) is 5.40. The Kier molecular flexibility index (Phi) is 6.78. The summed E-state index contributed by atoms with van der Waals surface area (Å²) in [5.41, 5.74) is 0.542. The quantitative estimate of drug-likeness (QED) is 0.736. The standard InChI is InChI=1S/C21H28FNO3Si/c1-21(2,3)18-17(26-27(4)5)12-11-15(19(18)22)20(25)23-13-16(24)14-9-7-6-8-10-14/h6-12,16,24,27H,13H2,1-5H3,(H,23,25)/t16-/m1/s1. The maximum atomic E-state index is 15.2. The van der Waals surface area contributed by atoms with Gasteiger partial charge in [0.2, 0.25) is 9.04 Å². The third-order valence-corrected chi connectivity index (χ3v) is 4.83. The van der Waals surface area contributed by atoms with Gasteiger partial charge in [-0.05, 0) is 36.2 Å². The Balaban J connectivity index is 2.23. The molecule has 0 radical (unpaired) electrons. The number of nitrogens with one attached hydrogen (secondary N) is 1. The van der Waals surface area contributed by atoms with Gasteiger partial charge in [0.05, 0.1) is 11.7 Å². The van der Waals surface area contributed by atoms with E-state index in [0.29, 0.717) is 16.9 Å². The van der Waals surface area contributed by atoms with Gasteiger partial charge in [0.1, 0.15) is 11.6 Å². The first-order chi connectivity index (χ1) is 12.6. The molecule has 0 aromatic heterocycles. The minimum atomic E-state index is -1.42. The van der Waals surface area contributed by atoms with Crippen LogP contribution in [-0.4, -0.2) is 26.6 Å². The molecule has 0 saturated heterocycles. The lowest BCUT2D eigenvalue weighted by Crippen LogP contribution is -2.30. The molecule has 1 atom stereocenters. The maximum absolute atomic E-state index is 15.2. The number of aliphatic hydroxyl groups excluding tert-OH is 1. The SMILES string of the molecule is C[SiH](C)Oc1ccc(C(=O)NC[C@@H](O)c2ccccc2)c(F)c1C(C)(C)C. The molecule has 0 saturated carbocycles. The predicted molar refractivity (Wildman–Crippen MR) is 108 cm³/mol. The van der Waals surface area contributed by atoms with Gasteiger partial charge in [-0.25, -0.2) is 4.39 Å². The minimum Gasteiger partial charge on any atom is -0.547 e. The van der Waals surface area contributed by atoms with Crippen LogP contribution in [0, 0.1) is 5.82 Å². The van der Waals surface area contributed by atoms with Crippen LogP contribution in [-0.2, 0) is 5.41 Å². The summed E-state index contributed by atoms with van der Waals surface area (Å²) >= 11 is 0. The fourth-order valence-corrected chi connectivity index (χ4v) is 3.57. The maximum Gasteiger partial charge on any atom is 0.254 e. The van der Waals surface area contributed by atoms with E-state index >= 15 is 4.39 Å². The summed E-state index contributed by atoms with van der Waals surface area (Å²) in [5.74, 6) is -0.620. The molecule has 146 valence electrons. The summed E-state index contributed by atoms with van der Waals surface area (Å²) in [6.45, 7) is 9.69. The van der Waals surface area contributed by atoms with Crippen LogP contribution < -0.4 is 9.74 Å². The van der Waals surface area contributed by atoms with E-state index in [2.05, 4.69) is 5.32 Å². The summed E-state index contributed by atoms with van der Waals surface area (Å²) in [7, 11) is -1.42.